The van der Waals surface area contributed by atoms with Gasteiger partial charge in [0.25, 0.3) is 0 Å². The molecule has 0 heterocycles. The molecule has 0 aromatic rings. The zero-order chi connectivity index (χ0) is 2.71. The van der Waals surface area contributed by atoms with Gasteiger partial charge in [0.15, 0.2) is 0 Å². The van der Waals surface area contributed by atoms with Gasteiger partial charge in [0, 0.05) is 0 Å². The molecule has 0 spiro atoms. The molecule has 8 heteroatoms. The lowest BCUT2D eigenvalue weighted by molar-refractivity contribution is 4.39. The van der Waals surface area contributed by atoms with Crippen molar-refractivity contribution in [1.29, 1.82) is 0 Å². The zero-order valence-corrected chi connectivity index (χ0v) is 9.29. The largest absolute Gasteiger partial charge is 0.222 e. The van der Waals surface area contributed by atoms with E-state index in [1.54, 1.807) is 0 Å². The summed E-state index contributed by atoms with van der Waals surface area (Å²) in [6.07, 6.45) is 0. The molecule has 0 amide bonds. The highest BCUT2D eigenvalue weighted by Crippen LogP contribution is 1.67. The molecule has 0 bridgehead atoms. The second-order valence-electron chi connectivity index (χ2n) is 0.101. The second-order valence-corrected chi connectivity index (χ2v) is 2.73. The lowest BCUT2D eigenvalue weighted by Crippen LogP contribution is -1.36. The molecule has 0 fully saturated rings. The average Bonchev–Trinajstić information content (AvgIpc) is 0.918. The number of hydrogen-bond donors (Lipinski definition) is 0. The first-order valence-electron chi connectivity index (χ1n) is 0.535. The summed E-state index contributed by atoms with van der Waals surface area (Å²) in [6, 6.07) is 0. The molecule has 0 unspecified atom stereocenters. The molecule has 0 saturated heterocycles. The monoisotopic (exact) mass is 276 g/mol. The molecule has 0 rings (SSSR count). The highest BCUT2D eigenvalue weighted by molar-refractivity contribution is 7.22. The second kappa shape index (κ2) is 60.8. The van der Waals surface area contributed by atoms with Crippen molar-refractivity contribution in [2.45, 2.75) is 0 Å². The van der Waals surface area contributed by atoms with Gasteiger partial charge < -0.3 is 0 Å². The molecular weight excluding hydrogens is 269 g/mol. The van der Waals surface area contributed by atoms with Crippen LogP contribution < -0.4 is 0 Å². The highest BCUT2D eigenvalue weighted by Gasteiger charge is 1.46. The third-order valence-electron chi connectivity index (χ3n) is 0. The molecule has 60 valence electrons. The zero-order valence-electron chi connectivity index (χ0n) is 3.10. The van der Waals surface area contributed by atoms with Crippen LogP contribution in [0.5, 0.6) is 0 Å². The predicted molar refractivity (Wildman–Crippen MR) is 60.6 cm³/mol. The van der Waals surface area contributed by atoms with Crippen molar-refractivity contribution in [3.8, 4) is 0 Å². The summed E-state index contributed by atoms with van der Waals surface area (Å²) in [5, 5.41) is 0. The van der Waals surface area contributed by atoms with E-state index in [4.69, 9.17) is 22.2 Å². The van der Waals surface area contributed by atoms with Crippen LogP contribution in [0.1, 0.15) is 0 Å². The van der Waals surface area contributed by atoms with E-state index in [0.717, 1.165) is 0 Å². The molecule has 8 heavy (non-hydrogen) atoms. The van der Waals surface area contributed by atoms with Crippen molar-refractivity contribution in [1.82, 2.24) is 0 Å². The van der Waals surface area contributed by atoms with Crippen LogP contribution in [0.2, 0.25) is 0 Å². The smallest absolute Gasteiger partial charge is 0.155 e. The Hall–Kier alpha value is 2.17. The number of halogens is 6. The predicted octanol–water partition coefficient (Wildman–Crippen LogP) is 0.698. The van der Waals surface area contributed by atoms with Crippen LogP contribution in [0, 0.1) is 0 Å². The van der Waals surface area contributed by atoms with E-state index in [0.29, 0.717) is 0 Å². The van der Waals surface area contributed by atoms with Crippen molar-refractivity contribution in [2.24, 2.45) is 0 Å². The molecule has 0 radical (unpaired) electrons. The summed E-state index contributed by atoms with van der Waals surface area (Å²) in [5.74, 6) is 0. The van der Waals surface area contributed by atoms with Gasteiger partial charge in [-0.25, -0.2) is 0 Å². The fraction of sp³-hybridized carbons (Fsp3) is 0. The van der Waals surface area contributed by atoms with Crippen molar-refractivity contribution >= 4 is 90.9 Å². The first-order valence-corrected chi connectivity index (χ1v) is 4.81. The van der Waals surface area contributed by atoms with Crippen LogP contribution in [-0.2, 0) is 0 Å². The van der Waals surface area contributed by atoms with Gasteiger partial charge in [-0.05, 0) is 11.0 Å². The molecule has 0 atom stereocenters. The molecule has 0 saturated carbocycles. The molecule has 0 aliphatic heterocycles. The minimum Gasteiger partial charge on any atom is -0.155 e. The Morgan fingerprint density at radius 1 is 0.750 bits per heavy atom. The van der Waals surface area contributed by atoms with Crippen LogP contribution in [0.4, 0.5) is 0 Å². The van der Waals surface area contributed by atoms with Crippen molar-refractivity contribution in [2.75, 3.05) is 0 Å². The lowest BCUT2D eigenvalue weighted by Gasteiger charge is -1.39. The molecule has 0 nitrogen and oxygen atoms in total. The van der Waals surface area contributed by atoms with Gasteiger partial charge in [-0.15, -0.1) is 49.6 Å². The van der Waals surface area contributed by atoms with Gasteiger partial charge in [0.05, 0.1) is 0 Å². The van der Waals surface area contributed by atoms with Crippen LogP contribution in [0.3, 0.4) is 0 Å². The highest BCUT2D eigenvalue weighted by atomic mass is 35.7. The SMILES string of the molecule is Cl.Cl.Cl.Cl.Cl[SiH2]Cl.[SiH4]. The standard InChI is InChI=1S/Cl2H2Si.4ClH.H4Si/c1-3-2;;;;;/h3H2;4*1H;1H4. The Kier molecular flexibility index (Phi) is 374. The molecule has 0 aliphatic carbocycles. The first-order chi connectivity index (χ1) is 1.41. The summed E-state index contributed by atoms with van der Waals surface area (Å²) in [5.41, 5.74) is 0. The third kappa shape index (κ3) is 89.0. The topological polar surface area (TPSA) is 0 Å². The molecule has 0 aromatic carbocycles. The van der Waals surface area contributed by atoms with Crippen LogP contribution in [-0.4, -0.2) is 19.1 Å². The molecule has 0 aliphatic rings. The van der Waals surface area contributed by atoms with E-state index >= 15 is 0 Å². The van der Waals surface area contributed by atoms with Crippen molar-refractivity contribution in [3.63, 3.8) is 0 Å². The minimum atomic E-state index is -0.639. The summed E-state index contributed by atoms with van der Waals surface area (Å²) >= 11 is 9.81. The number of hydrogen-bond acceptors (Lipinski definition) is 0. The lowest BCUT2D eigenvalue weighted by atomic mass is 27.8. The van der Waals surface area contributed by atoms with Crippen molar-refractivity contribution in [3.05, 3.63) is 0 Å². The van der Waals surface area contributed by atoms with Gasteiger partial charge in [0.2, 0.25) is 8.14 Å². The maximum Gasteiger partial charge on any atom is 0.222 e. The summed E-state index contributed by atoms with van der Waals surface area (Å²) in [6.45, 7) is 0. The summed E-state index contributed by atoms with van der Waals surface area (Å²) in [4.78, 5) is 0. The van der Waals surface area contributed by atoms with E-state index < -0.39 is 8.14 Å². The third-order valence-corrected chi connectivity index (χ3v) is 0. The Labute approximate surface area is 90.4 Å². The van der Waals surface area contributed by atoms with E-state index in [1.807, 2.05) is 0 Å². The van der Waals surface area contributed by atoms with Gasteiger partial charge in [-0.3, -0.25) is 0 Å². The van der Waals surface area contributed by atoms with E-state index in [1.165, 1.54) is 0 Å². The van der Waals surface area contributed by atoms with Gasteiger partial charge >= 0.3 is 0 Å². The molecule has 0 aromatic heterocycles. The van der Waals surface area contributed by atoms with Crippen LogP contribution in [0.25, 0.3) is 0 Å². The fourth-order valence-corrected chi connectivity index (χ4v) is 0. The quantitative estimate of drug-likeness (QED) is 0.452. The minimum absolute atomic E-state index is 0. The summed E-state index contributed by atoms with van der Waals surface area (Å²) < 4.78 is 0. The maximum atomic E-state index is 4.90. The van der Waals surface area contributed by atoms with Gasteiger partial charge in [-0.1, -0.05) is 0 Å². The Morgan fingerprint density at radius 2 is 0.750 bits per heavy atom. The van der Waals surface area contributed by atoms with Crippen LogP contribution in [0.15, 0.2) is 0 Å². The average molecular weight is 279 g/mol. The normalized spacial score (nSPS) is 2.25. The number of rotatable bonds is 0. The van der Waals surface area contributed by atoms with Gasteiger partial charge in [-0.2, -0.15) is 22.2 Å². The molecule has 0 N–H and O–H groups in total. The Balaban J connectivity index is -0.00000000200. The van der Waals surface area contributed by atoms with E-state index in [2.05, 4.69) is 0 Å². The first kappa shape index (κ1) is 49.1. The van der Waals surface area contributed by atoms with Crippen LogP contribution >= 0.6 is 71.8 Å². The van der Waals surface area contributed by atoms with Gasteiger partial charge in [0.1, 0.15) is 0 Å². The Bertz CT molecular complexity index is 6.49. The maximum absolute atomic E-state index is 4.90. The van der Waals surface area contributed by atoms with Crippen molar-refractivity contribution < 1.29 is 0 Å². The Morgan fingerprint density at radius 3 is 0.750 bits per heavy atom. The van der Waals surface area contributed by atoms with E-state index in [-0.39, 0.29) is 60.6 Å². The molecular formula is H10Cl6Si2. The van der Waals surface area contributed by atoms with E-state index in [9.17, 15) is 0 Å². The summed E-state index contributed by atoms with van der Waals surface area (Å²) in [7, 11) is -0.639. The fourth-order valence-electron chi connectivity index (χ4n) is 0.